The van der Waals surface area contributed by atoms with E-state index in [0.29, 0.717) is 19.8 Å². The molecule has 0 aromatic carbocycles. The summed E-state index contributed by atoms with van der Waals surface area (Å²) in [6.45, 7) is 13.6. The van der Waals surface area contributed by atoms with E-state index in [1.807, 2.05) is 26.8 Å². The van der Waals surface area contributed by atoms with Crippen molar-refractivity contribution in [3.63, 3.8) is 0 Å². The highest BCUT2D eigenvalue weighted by Gasteiger charge is 2.11. The number of hydrogen-bond acceptors (Lipinski definition) is 3. The lowest BCUT2D eigenvalue weighted by Gasteiger charge is -2.12. The van der Waals surface area contributed by atoms with Crippen LogP contribution in [0.5, 0.6) is 0 Å². The van der Waals surface area contributed by atoms with Crippen molar-refractivity contribution < 1.29 is 13.3 Å². The lowest BCUT2D eigenvalue weighted by atomic mass is 10.3. The fourth-order valence-corrected chi connectivity index (χ4v) is 2.01. The zero-order valence-corrected chi connectivity index (χ0v) is 12.5. The van der Waals surface area contributed by atoms with Crippen LogP contribution in [0.25, 0.3) is 0 Å². The van der Waals surface area contributed by atoms with Crippen molar-refractivity contribution in [2.45, 2.75) is 47.0 Å². The predicted octanol–water partition coefficient (Wildman–Crippen LogP) is 3.18. The maximum absolute atomic E-state index is 5.22. The van der Waals surface area contributed by atoms with E-state index >= 15 is 0 Å². The highest BCUT2D eigenvalue weighted by Crippen LogP contribution is 1.91. The van der Waals surface area contributed by atoms with Crippen molar-refractivity contribution in [3.05, 3.63) is 12.7 Å². The molecular weight excluding hydrogens is 220 g/mol. The second-order valence-electron chi connectivity index (χ2n) is 3.09. The second kappa shape index (κ2) is 17.2. The Labute approximate surface area is 103 Å². The minimum atomic E-state index is -1.73. The average molecular weight is 248 g/mol. The summed E-state index contributed by atoms with van der Waals surface area (Å²) < 4.78 is 15.7. The van der Waals surface area contributed by atoms with E-state index in [-0.39, 0.29) is 0 Å². The molecule has 98 valence electrons. The van der Waals surface area contributed by atoms with Gasteiger partial charge in [0.1, 0.15) is 0 Å². The lowest BCUT2D eigenvalue weighted by Crippen LogP contribution is -2.27. The first kappa shape index (κ1) is 18.2. The van der Waals surface area contributed by atoms with Gasteiger partial charge in [-0.1, -0.05) is 25.8 Å². The molecule has 0 unspecified atom stereocenters. The summed E-state index contributed by atoms with van der Waals surface area (Å²) in [5.41, 5.74) is 0. The summed E-state index contributed by atoms with van der Waals surface area (Å²) in [6.07, 6.45) is 5.72. The zero-order valence-electron chi connectivity index (χ0n) is 11.3. The summed E-state index contributed by atoms with van der Waals surface area (Å²) in [6, 6.07) is 0. The van der Waals surface area contributed by atoms with Crippen LogP contribution in [0.4, 0.5) is 0 Å². The normalized spacial score (nSPS) is 9.81. The fourth-order valence-electron chi connectivity index (χ4n) is 0.901. The van der Waals surface area contributed by atoms with Gasteiger partial charge in [-0.25, -0.2) is 0 Å². The van der Waals surface area contributed by atoms with E-state index in [0.717, 1.165) is 0 Å². The van der Waals surface area contributed by atoms with Gasteiger partial charge in [-0.2, -0.15) is 0 Å². The van der Waals surface area contributed by atoms with Crippen LogP contribution in [0.3, 0.4) is 0 Å². The summed E-state index contributed by atoms with van der Waals surface area (Å²) in [4.78, 5) is 0. The van der Waals surface area contributed by atoms with Crippen LogP contribution in [0.15, 0.2) is 12.7 Å². The quantitative estimate of drug-likeness (QED) is 0.356. The number of hydrogen-bond donors (Lipinski definition) is 0. The Morgan fingerprint density at radius 3 is 1.56 bits per heavy atom. The highest BCUT2D eigenvalue weighted by molar-refractivity contribution is 6.36. The third-order valence-corrected chi connectivity index (χ3v) is 3.49. The van der Waals surface area contributed by atoms with Crippen molar-refractivity contribution in [2.75, 3.05) is 19.8 Å². The summed E-state index contributed by atoms with van der Waals surface area (Å²) in [5.74, 6) is 0. The molecule has 0 rings (SSSR count). The molecule has 0 saturated heterocycles. The summed E-state index contributed by atoms with van der Waals surface area (Å²) in [7, 11) is -1.73. The predicted molar refractivity (Wildman–Crippen MR) is 71.7 cm³/mol. The van der Waals surface area contributed by atoms with Crippen molar-refractivity contribution in [3.8, 4) is 0 Å². The molecule has 0 aliphatic rings. The van der Waals surface area contributed by atoms with Crippen molar-refractivity contribution in [1.82, 2.24) is 0 Å². The monoisotopic (exact) mass is 248 g/mol. The zero-order chi connectivity index (χ0) is 12.6. The van der Waals surface area contributed by atoms with Gasteiger partial charge in [-0.3, -0.25) is 0 Å². The first-order valence-corrected chi connectivity index (χ1v) is 7.63. The van der Waals surface area contributed by atoms with E-state index < -0.39 is 9.53 Å². The van der Waals surface area contributed by atoms with E-state index in [2.05, 4.69) is 13.5 Å². The van der Waals surface area contributed by atoms with Gasteiger partial charge >= 0.3 is 9.53 Å². The minimum Gasteiger partial charge on any atom is -0.376 e. The van der Waals surface area contributed by atoms with Crippen molar-refractivity contribution >= 4 is 9.53 Å². The van der Waals surface area contributed by atoms with Gasteiger partial charge in [-0.05, 0) is 27.2 Å². The van der Waals surface area contributed by atoms with E-state index in [1.54, 1.807) is 0 Å². The molecule has 0 saturated carbocycles. The van der Waals surface area contributed by atoms with Crippen molar-refractivity contribution in [2.24, 2.45) is 0 Å². The first-order chi connectivity index (χ1) is 7.76. The average Bonchev–Trinajstić information content (AvgIpc) is 2.28. The molecule has 0 radical (unpaired) electrons. The molecule has 0 spiro atoms. The van der Waals surface area contributed by atoms with Gasteiger partial charge in [0.05, 0.1) is 0 Å². The molecule has 0 atom stereocenters. The molecule has 0 bridgehead atoms. The van der Waals surface area contributed by atoms with Crippen molar-refractivity contribution in [1.29, 1.82) is 0 Å². The molecule has 16 heavy (non-hydrogen) atoms. The summed E-state index contributed by atoms with van der Waals surface area (Å²) in [5, 5.41) is 0. The number of unbranched alkanes of at least 4 members (excludes halogenated alkanes) is 2. The van der Waals surface area contributed by atoms with E-state index in [9.17, 15) is 0 Å². The SMILES string of the molecule is C=CCCCC.CCO[SiH](OCC)OCC. The Balaban J connectivity index is 0. The Morgan fingerprint density at radius 2 is 1.38 bits per heavy atom. The molecule has 3 nitrogen and oxygen atoms in total. The largest absolute Gasteiger partial charge is 0.484 e. The van der Waals surface area contributed by atoms with Gasteiger partial charge in [0, 0.05) is 19.8 Å². The lowest BCUT2D eigenvalue weighted by molar-refractivity contribution is 0.107. The van der Waals surface area contributed by atoms with Gasteiger partial charge in [0.2, 0.25) is 0 Å². The van der Waals surface area contributed by atoms with E-state index in [4.69, 9.17) is 13.3 Å². The Morgan fingerprint density at radius 1 is 0.938 bits per heavy atom. The molecule has 0 heterocycles. The van der Waals surface area contributed by atoms with Gasteiger partial charge < -0.3 is 13.3 Å². The molecule has 4 heteroatoms. The molecule has 0 aliphatic heterocycles. The summed E-state index contributed by atoms with van der Waals surface area (Å²) >= 11 is 0. The molecule has 0 aliphatic carbocycles. The van der Waals surface area contributed by atoms with Crippen LogP contribution in [0.1, 0.15) is 47.0 Å². The fraction of sp³-hybridized carbons (Fsp3) is 0.833. The molecule has 0 fully saturated rings. The minimum absolute atomic E-state index is 0.677. The molecule has 0 aromatic rings. The second-order valence-corrected chi connectivity index (χ2v) is 4.66. The third-order valence-electron chi connectivity index (χ3n) is 1.67. The topological polar surface area (TPSA) is 27.7 Å². The van der Waals surface area contributed by atoms with E-state index in [1.165, 1.54) is 19.3 Å². The Hall–Kier alpha value is -0.163. The van der Waals surface area contributed by atoms with Gasteiger partial charge in [-0.15, -0.1) is 6.58 Å². The standard InChI is InChI=1S/C6H16O3Si.C6H12/c1-4-7-10(8-5-2)9-6-3;1-3-5-6-4-2/h10H,4-6H2,1-3H3;3H,1,4-6H2,2H3. The molecular formula is C12H28O3Si. The van der Waals surface area contributed by atoms with Crippen LogP contribution in [-0.2, 0) is 13.3 Å². The molecule has 0 amide bonds. The Bertz CT molecular complexity index is 117. The van der Waals surface area contributed by atoms with Crippen LogP contribution < -0.4 is 0 Å². The van der Waals surface area contributed by atoms with Crippen LogP contribution >= 0.6 is 0 Å². The third kappa shape index (κ3) is 16.3. The highest BCUT2D eigenvalue weighted by atomic mass is 28.3. The number of rotatable bonds is 9. The Kier molecular flexibility index (Phi) is 19.6. The molecule has 0 aromatic heterocycles. The van der Waals surface area contributed by atoms with Crippen LogP contribution in [0, 0.1) is 0 Å². The first-order valence-electron chi connectivity index (χ1n) is 6.22. The maximum atomic E-state index is 5.22. The smallest absolute Gasteiger partial charge is 0.376 e. The van der Waals surface area contributed by atoms with Gasteiger partial charge in [0.15, 0.2) is 0 Å². The van der Waals surface area contributed by atoms with Gasteiger partial charge in [0.25, 0.3) is 0 Å². The number of allylic oxidation sites excluding steroid dienone is 1. The molecule has 0 N–H and O–H groups in total. The van der Waals surface area contributed by atoms with Crippen LogP contribution in [0.2, 0.25) is 0 Å². The maximum Gasteiger partial charge on any atom is 0.484 e. The van der Waals surface area contributed by atoms with Crippen LogP contribution in [-0.4, -0.2) is 29.3 Å².